The molecule has 2 aliphatic rings. The molecule has 2 rings (SSSR count). The van der Waals surface area contributed by atoms with E-state index in [1.165, 1.54) is 57.8 Å². The number of rotatable bonds is 16. The molecular weight excluding hydrogens is 326 g/mol. The summed E-state index contributed by atoms with van der Waals surface area (Å²) in [5.41, 5.74) is 5.26. The Hall–Kier alpha value is -1.06. The van der Waals surface area contributed by atoms with Crippen molar-refractivity contribution in [2.24, 2.45) is 16.6 Å². The highest BCUT2D eigenvalue weighted by molar-refractivity contribution is 5.83. The Balaban J connectivity index is 1.33. The van der Waals surface area contributed by atoms with Gasteiger partial charge in [-0.2, -0.15) is 0 Å². The second kappa shape index (κ2) is 10.3. The van der Waals surface area contributed by atoms with E-state index in [-0.39, 0.29) is 22.7 Å². The van der Waals surface area contributed by atoms with Gasteiger partial charge < -0.3 is 10.5 Å². The number of nitrogens with two attached hydrogens (primary N) is 1. The van der Waals surface area contributed by atoms with Crippen molar-refractivity contribution in [2.75, 3.05) is 6.61 Å². The topological polar surface area (TPSA) is 69.4 Å². The number of carbonyl (C=O) groups is 2. The van der Waals surface area contributed by atoms with E-state index in [2.05, 4.69) is 0 Å². The summed E-state index contributed by atoms with van der Waals surface area (Å²) in [6.45, 7) is 2.39. The van der Waals surface area contributed by atoms with E-state index in [0.717, 1.165) is 44.9 Å². The molecule has 0 saturated heterocycles. The van der Waals surface area contributed by atoms with Crippen LogP contribution in [0.2, 0.25) is 0 Å². The van der Waals surface area contributed by atoms with Gasteiger partial charge in [-0.1, -0.05) is 64.2 Å². The Morgan fingerprint density at radius 1 is 0.731 bits per heavy atom. The molecule has 1 amide bonds. The SMILES string of the molecule is CCOC(=O)C1(CCCCCCCCCCCCC2(C(N)=O)CC2)CC1. The second-order valence-electron chi connectivity index (χ2n) is 8.68. The molecule has 4 nitrogen and oxygen atoms in total. The number of ether oxygens (including phenoxy) is 1. The van der Waals surface area contributed by atoms with Crippen LogP contribution < -0.4 is 5.73 Å². The van der Waals surface area contributed by atoms with Crippen molar-refractivity contribution in [2.45, 2.75) is 110 Å². The predicted octanol–water partition coefficient (Wildman–Crippen LogP) is 5.28. The fourth-order valence-electron chi connectivity index (χ4n) is 4.10. The van der Waals surface area contributed by atoms with Crippen LogP contribution in [0.4, 0.5) is 0 Å². The van der Waals surface area contributed by atoms with Gasteiger partial charge >= 0.3 is 5.97 Å². The fraction of sp³-hybridized carbons (Fsp3) is 0.909. The summed E-state index contributed by atoms with van der Waals surface area (Å²) in [5, 5.41) is 0. The molecular formula is C22H39NO3. The van der Waals surface area contributed by atoms with Gasteiger partial charge in [0.15, 0.2) is 0 Å². The van der Waals surface area contributed by atoms with Crippen LogP contribution in [0.3, 0.4) is 0 Å². The summed E-state index contributed by atoms with van der Waals surface area (Å²) in [7, 11) is 0. The van der Waals surface area contributed by atoms with Crippen LogP contribution >= 0.6 is 0 Å². The number of amides is 1. The summed E-state index contributed by atoms with van der Waals surface area (Å²) in [5.74, 6) is -0.0317. The van der Waals surface area contributed by atoms with Gasteiger partial charge in [0, 0.05) is 5.41 Å². The number of hydrogen-bond acceptors (Lipinski definition) is 3. The Morgan fingerprint density at radius 2 is 1.12 bits per heavy atom. The van der Waals surface area contributed by atoms with Gasteiger partial charge in [-0.05, 0) is 45.4 Å². The molecule has 0 aromatic heterocycles. The summed E-state index contributed by atoms with van der Waals surface area (Å²) >= 11 is 0. The number of unbranched alkanes of at least 4 members (excludes halogenated alkanes) is 9. The van der Waals surface area contributed by atoms with Gasteiger partial charge in [0.05, 0.1) is 12.0 Å². The van der Waals surface area contributed by atoms with Crippen molar-refractivity contribution in [1.29, 1.82) is 0 Å². The first-order valence-corrected chi connectivity index (χ1v) is 11.0. The van der Waals surface area contributed by atoms with E-state index in [9.17, 15) is 9.59 Å². The van der Waals surface area contributed by atoms with E-state index in [1.54, 1.807) is 0 Å². The molecule has 0 unspecified atom stereocenters. The van der Waals surface area contributed by atoms with Gasteiger partial charge in [-0.25, -0.2) is 0 Å². The maximum atomic E-state index is 11.9. The summed E-state index contributed by atoms with van der Waals surface area (Å²) < 4.78 is 5.19. The lowest BCUT2D eigenvalue weighted by Crippen LogP contribution is -2.24. The predicted molar refractivity (Wildman–Crippen MR) is 105 cm³/mol. The zero-order chi connectivity index (χ0) is 18.9. The number of carbonyl (C=O) groups excluding carboxylic acids is 2. The average molecular weight is 366 g/mol. The van der Waals surface area contributed by atoms with Gasteiger partial charge in [0.25, 0.3) is 0 Å². The molecule has 2 aliphatic carbocycles. The minimum Gasteiger partial charge on any atom is -0.466 e. The van der Waals surface area contributed by atoms with E-state index in [1.807, 2.05) is 6.92 Å². The van der Waals surface area contributed by atoms with E-state index >= 15 is 0 Å². The van der Waals surface area contributed by atoms with Crippen LogP contribution in [0, 0.1) is 10.8 Å². The Labute approximate surface area is 159 Å². The third-order valence-electron chi connectivity index (χ3n) is 6.50. The molecule has 0 atom stereocenters. The van der Waals surface area contributed by atoms with Crippen LogP contribution in [-0.2, 0) is 14.3 Å². The van der Waals surface area contributed by atoms with E-state index < -0.39 is 0 Å². The molecule has 0 aromatic carbocycles. The monoisotopic (exact) mass is 365 g/mol. The maximum absolute atomic E-state index is 11.9. The first-order valence-electron chi connectivity index (χ1n) is 11.0. The number of primary amides is 1. The Kier molecular flexibility index (Phi) is 8.43. The lowest BCUT2D eigenvalue weighted by molar-refractivity contribution is -0.150. The molecule has 4 heteroatoms. The number of hydrogen-bond donors (Lipinski definition) is 1. The normalized spacial score (nSPS) is 19.1. The van der Waals surface area contributed by atoms with Crippen molar-refractivity contribution in [3.63, 3.8) is 0 Å². The van der Waals surface area contributed by atoms with Gasteiger partial charge in [0.1, 0.15) is 0 Å². The molecule has 2 saturated carbocycles. The Bertz CT molecular complexity index is 452. The molecule has 26 heavy (non-hydrogen) atoms. The average Bonchev–Trinajstić information content (AvgIpc) is 3.52. The first kappa shape index (κ1) is 21.2. The van der Waals surface area contributed by atoms with Crippen LogP contribution in [0.25, 0.3) is 0 Å². The Morgan fingerprint density at radius 3 is 1.46 bits per heavy atom. The summed E-state index contributed by atoms with van der Waals surface area (Å²) in [4.78, 5) is 23.2. The lowest BCUT2D eigenvalue weighted by atomic mass is 9.96. The van der Waals surface area contributed by atoms with Crippen molar-refractivity contribution in [1.82, 2.24) is 0 Å². The van der Waals surface area contributed by atoms with Crippen LogP contribution in [0.1, 0.15) is 110 Å². The second-order valence-corrected chi connectivity index (χ2v) is 8.68. The zero-order valence-corrected chi connectivity index (χ0v) is 16.8. The van der Waals surface area contributed by atoms with Crippen molar-refractivity contribution in [3.05, 3.63) is 0 Å². The first-order chi connectivity index (χ1) is 12.5. The molecule has 0 spiro atoms. The summed E-state index contributed by atoms with van der Waals surface area (Å²) in [6.07, 6.45) is 18.8. The quantitative estimate of drug-likeness (QED) is 0.299. The highest BCUT2D eigenvalue weighted by Gasteiger charge is 2.50. The third kappa shape index (κ3) is 6.59. The minimum atomic E-state index is -0.105. The molecule has 0 heterocycles. The molecule has 0 radical (unpaired) electrons. The fourth-order valence-corrected chi connectivity index (χ4v) is 4.10. The van der Waals surface area contributed by atoms with E-state index in [0.29, 0.717) is 6.61 Å². The van der Waals surface area contributed by atoms with Gasteiger partial charge in [0.2, 0.25) is 5.91 Å². The standard InChI is InChI=1S/C22H39NO3/c1-2-26-20(25)22(17-18-22)14-12-10-8-6-4-3-5-7-9-11-13-21(15-16-21)19(23)24/h2-18H2,1H3,(H2,23,24). The molecule has 2 fully saturated rings. The van der Waals surface area contributed by atoms with Crippen LogP contribution in [-0.4, -0.2) is 18.5 Å². The van der Waals surface area contributed by atoms with Crippen molar-refractivity contribution < 1.29 is 14.3 Å². The van der Waals surface area contributed by atoms with Crippen LogP contribution in [0.15, 0.2) is 0 Å². The minimum absolute atomic E-state index is 0.0448. The lowest BCUT2D eigenvalue weighted by Gasteiger charge is -2.13. The molecule has 0 aliphatic heterocycles. The largest absolute Gasteiger partial charge is 0.466 e. The summed E-state index contributed by atoms with van der Waals surface area (Å²) in [6, 6.07) is 0. The highest BCUT2D eigenvalue weighted by Crippen LogP contribution is 2.51. The molecule has 150 valence electrons. The van der Waals surface area contributed by atoms with Gasteiger partial charge in [-0.15, -0.1) is 0 Å². The van der Waals surface area contributed by atoms with Crippen molar-refractivity contribution >= 4 is 11.9 Å². The number of esters is 1. The molecule has 0 bridgehead atoms. The van der Waals surface area contributed by atoms with Crippen molar-refractivity contribution in [3.8, 4) is 0 Å². The molecule has 0 aromatic rings. The van der Waals surface area contributed by atoms with Gasteiger partial charge in [-0.3, -0.25) is 9.59 Å². The molecule has 2 N–H and O–H groups in total. The zero-order valence-electron chi connectivity index (χ0n) is 16.8. The third-order valence-corrected chi connectivity index (χ3v) is 6.50. The van der Waals surface area contributed by atoms with Crippen LogP contribution in [0.5, 0.6) is 0 Å². The maximum Gasteiger partial charge on any atom is 0.312 e. The smallest absolute Gasteiger partial charge is 0.312 e. The van der Waals surface area contributed by atoms with E-state index in [4.69, 9.17) is 10.5 Å². The highest BCUT2D eigenvalue weighted by atomic mass is 16.5.